The van der Waals surface area contributed by atoms with Crippen LogP contribution in [0.15, 0.2) is 23.4 Å². The monoisotopic (exact) mass is 424 g/mol. The molecule has 0 bridgehead atoms. The number of anilines is 1. The zero-order valence-electron chi connectivity index (χ0n) is 16.9. The van der Waals surface area contributed by atoms with Crippen molar-refractivity contribution in [3.8, 4) is 12.1 Å². The highest BCUT2D eigenvalue weighted by atomic mass is 32.2. The molecule has 5 nitrogen and oxygen atoms in total. The van der Waals surface area contributed by atoms with Gasteiger partial charge in [-0.3, -0.25) is 4.79 Å². The van der Waals surface area contributed by atoms with Crippen molar-refractivity contribution >= 4 is 34.0 Å². The van der Waals surface area contributed by atoms with Gasteiger partial charge in [0, 0.05) is 11.1 Å². The fourth-order valence-electron chi connectivity index (χ4n) is 3.58. The molecule has 0 saturated carbocycles. The first kappa shape index (κ1) is 21.4. The lowest BCUT2D eigenvalue weighted by Crippen LogP contribution is -2.28. The standard InChI is InChI=1S/C22H24N4OS2/c1-4-22(2,3)15-6-7-16-17(11-24)21(29-18(16)9-15)26-19(27)13-28-20-8-5-14(10-23)12-25-20/h5,8,12,15H,4,6-7,9,13H2,1-3H3,(H,26,27). The number of nitriles is 2. The molecule has 0 saturated heterocycles. The van der Waals surface area contributed by atoms with Gasteiger partial charge in [-0.25, -0.2) is 4.98 Å². The first-order chi connectivity index (χ1) is 13.9. The lowest BCUT2D eigenvalue weighted by Gasteiger charge is -2.36. The van der Waals surface area contributed by atoms with E-state index in [1.165, 1.54) is 22.8 Å². The molecule has 2 aromatic rings. The number of nitrogens with one attached hydrogen (secondary N) is 1. The van der Waals surface area contributed by atoms with E-state index in [0.29, 0.717) is 27.1 Å². The molecule has 2 heterocycles. The molecule has 29 heavy (non-hydrogen) atoms. The fourth-order valence-corrected chi connectivity index (χ4v) is 5.52. The lowest BCUT2D eigenvalue weighted by molar-refractivity contribution is -0.113. The van der Waals surface area contributed by atoms with Crippen LogP contribution in [0.3, 0.4) is 0 Å². The molecule has 1 N–H and O–H groups in total. The number of thiophene rings is 1. The number of carbonyl (C=O) groups is 1. The number of carbonyl (C=O) groups excluding carboxylic acids is 1. The Kier molecular flexibility index (Phi) is 6.62. The van der Waals surface area contributed by atoms with Gasteiger partial charge in [-0.15, -0.1) is 11.3 Å². The minimum absolute atomic E-state index is 0.151. The van der Waals surface area contributed by atoms with Gasteiger partial charge in [-0.1, -0.05) is 39.0 Å². The number of amides is 1. The van der Waals surface area contributed by atoms with Gasteiger partial charge in [0.1, 0.15) is 17.1 Å². The summed E-state index contributed by atoms with van der Waals surface area (Å²) < 4.78 is 0. The third-order valence-corrected chi connectivity index (χ3v) is 7.98. The Morgan fingerprint density at radius 3 is 2.79 bits per heavy atom. The molecular weight excluding hydrogens is 400 g/mol. The van der Waals surface area contributed by atoms with E-state index in [-0.39, 0.29) is 17.1 Å². The average molecular weight is 425 g/mol. The molecule has 1 amide bonds. The van der Waals surface area contributed by atoms with Gasteiger partial charge in [0.15, 0.2) is 0 Å². The van der Waals surface area contributed by atoms with E-state index in [0.717, 1.165) is 31.2 Å². The van der Waals surface area contributed by atoms with Gasteiger partial charge in [-0.05, 0) is 48.3 Å². The normalized spacial score (nSPS) is 15.8. The van der Waals surface area contributed by atoms with Gasteiger partial charge < -0.3 is 5.32 Å². The Hall–Kier alpha value is -2.35. The summed E-state index contributed by atoms with van der Waals surface area (Å²) in [6, 6.07) is 7.75. The highest BCUT2D eigenvalue weighted by Gasteiger charge is 2.34. The smallest absolute Gasteiger partial charge is 0.235 e. The van der Waals surface area contributed by atoms with Crippen LogP contribution in [0.2, 0.25) is 0 Å². The zero-order valence-corrected chi connectivity index (χ0v) is 18.5. The number of fused-ring (bicyclic) bond motifs is 1. The second kappa shape index (κ2) is 8.98. The minimum atomic E-state index is -0.151. The summed E-state index contributed by atoms with van der Waals surface area (Å²) in [6.45, 7) is 6.87. The molecule has 2 aromatic heterocycles. The Morgan fingerprint density at radius 1 is 1.38 bits per heavy atom. The summed E-state index contributed by atoms with van der Waals surface area (Å²) in [6.07, 6.45) is 5.61. The number of aromatic nitrogens is 1. The summed E-state index contributed by atoms with van der Waals surface area (Å²) in [5.74, 6) is 0.658. The molecule has 1 atom stereocenters. The van der Waals surface area contributed by atoms with Gasteiger partial charge in [-0.2, -0.15) is 10.5 Å². The predicted octanol–water partition coefficient (Wildman–Crippen LogP) is 5.16. The number of hydrogen-bond acceptors (Lipinski definition) is 6. The highest BCUT2D eigenvalue weighted by Crippen LogP contribution is 2.45. The molecule has 1 aliphatic carbocycles. The molecule has 0 fully saturated rings. The fraction of sp³-hybridized carbons (Fsp3) is 0.455. The van der Waals surface area contributed by atoms with Gasteiger partial charge in [0.2, 0.25) is 5.91 Å². The van der Waals surface area contributed by atoms with Crippen molar-refractivity contribution in [1.82, 2.24) is 4.98 Å². The second-order valence-electron chi connectivity index (χ2n) is 7.94. The summed E-state index contributed by atoms with van der Waals surface area (Å²) in [5, 5.41) is 22.8. The molecule has 150 valence electrons. The van der Waals surface area contributed by atoms with Crippen molar-refractivity contribution in [3.63, 3.8) is 0 Å². The number of rotatable bonds is 6. The van der Waals surface area contributed by atoms with Crippen molar-refractivity contribution in [2.24, 2.45) is 11.3 Å². The van der Waals surface area contributed by atoms with Crippen LogP contribution in [0.4, 0.5) is 5.00 Å². The number of thioether (sulfide) groups is 1. The van der Waals surface area contributed by atoms with Crippen LogP contribution in [0, 0.1) is 34.0 Å². The largest absolute Gasteiger partial charge is 0.316 e. The molecule has 3 rings (SSSR count). The highest BCUT2D eigenvalue weighted by molar-refractivity contribution is 7.99. The maximum absolute atomic E-state index is 12.4. The summed E-state index contributed by atoms with van der Waals surface area (Å²) >= 11 is 2.87. The maximum Gasteiger partial charge on any atom is 0.235 e. The first-order valence-electron chi connectivity index (χ1n) is 9.71. The Morgan fingerprint density at radius 2 is 2.17 bits per heavy atom. The predicted molar refractivity (Wildman–Crippen MR) is 117 cm³/mol. The quantitative estimate of drug-likeness (QED) is 0.647. The van der Waals surface area contributed by atoms with Crippen LogP contribution >= 0.6 is 23.1 Å². The van der Waals surface area contributed by atoms with Crippen LogP contribution in [0.1, 0.15) is 55.2 Å². The number of nitrogens with zero attached hydrogens (tertiary/aromatic N) is 3. The van der Waals surface area contributed by atoms with E-state index >= 15 is 0 Å². The molecular formula is C22H24N4OS2. The molecule has 0 aliphatic heterocycles. The second-order valence-corrected chi connectivity index (χ2v) is 10.0. The van der Waals surface area contributed by atoms with Gasteiger partial charge in [0.25, 0.3) is 0 Å². The Bertz CT molecular complexity index is 980. The van der Waals surface area contributed by atoms with Crippen LogP contribution in [-0.2, 0) is 17.6 Å². The first-order valence-corrected chi connectivity index (χ1v) is 11.5. The van der Waals surface area contributed by atoms with Crippen LogP contribution in [0.25, 0.3) is 0 Å². The van der Waals surface area contributed by atoms with E-state index < -0.39 is 0 Å². The van der Waals surface area contributed by atoms with Crippen molar-refractivity contribution in [1.29, 1.82) is 10.5 Å². The van der Waals surface area contributed by atoms with Crippen LogP contribution in [0.5, 0.6) is 0 Å². The Labute approximate surface area is 180 Å². The molecule has 0 aromatic carbocycles. The Balaban J connectivity index is 1.67. The SMILES string of the molecule is CCC(C)(C)C1CCc2c(sc(NC(=O)CSc3ccc(C#N)cn3)c2C#N)C1. The molecule has 1 aliphatic rings. The van der Waals surface area contributed by atoms with E-state index in [4.69, 9.17) is 5.26 Å². The van der Waals surface area contributed by atoms with E-state index in [9.17, 15) is 10.1 Å². The topological polar surface area (TPSA) is 89.6 Å². The van der Waals surface area contributed by atoms with Crippen LogP contribution in [-0.4, -0.2) is 16.6 Å². The zero-order chi connectivity index (χ0) is 21.0. The molecule has 0 spiro atoms. The average Bonchev–Trinajstić information content (AvgIpc) is 3.08. The lowest BCUT2D eigenvalue weighted by atomic mass is 9.69. The van der Waals surface area contributed by atoms with Crippen molar-refractivity contribution in [2.75, 3.05) is 11.1 Å². The molecule has 1 unspecified atom stereocenters. The van der Waals surface area contributed by atoms with Crippen molar-refractivity contribution in [2.45, 2.75) is 51.5 Å². The van der Waals surface area contributed by atoms with Crippen molar-refractivity contribution < 1.29 is 4.79 Å². The van der Waals surface area contributed by atoms with E-state index in [1.54, 1.807) is 23.5 Å². The molecule has 0 radical (unpaired) electrons. The summed E-state index contributed by atoms with van der Waals surface area (Å²) in [7, 11) is 0. The molecule has 7 heteroatoms. The third kappa shape index (κ3) is 4.80. The third-order valence-electron chi connectivity index (χ3n) is 5.86. The van der Waals surface area contributed by atoms with Gasteiger partial charge in [0.05, 0.1) is 21.9 Å². The number of pyridine rings is 1. The van der Waals surface area contributed by atoms with Crippen LogP contribution < -0.4 is 5.32 Å². The van der Waals surface area contributed by atoms with E-state index in [2.05, 4.69) is 37.1 Å². The summed E-state index contributed by atoms with van der Waals surface area (Å²) in [4.78, 5) is 17.9. The summed E-state index contributed by atoms with van der Waals surface area (Å²) in [5.41, 5.74) is 2.53. The van der Waals surface area contributed by atoms with Crippen molar-refractivity contribution in [3.05, 3.63) is 39.9 Å². The minimum Gasteiger partial charge on any atom is -0.316 e. The van der Waals surface area contributed by atoms with Gasteiger partial charge >= 0.3 is 0 Å². The maximum atomic E-state index is 12.4. The van der Waals surface area contributed by atoms with E-state index in [1.807, 2.05) is 6.07 Å². The number of hydrogen-bond donors (Lipinski definition) is 1.